The lowest BCUT2D eigenvalue weighted by molar-refractivity contribution is 0.610. The molecule has 0 fully saturated rings. The summed E-state index contributed by atoms with van der Waals surface area (Å²) in [5, 5.41) is 0.358. The lowest BCUT2D eigenvalue weighted by Crippen LogP contribution is -1.87. The third-order valence-corrected chi connectivity index (χ3v) is 2.87. The van der Waals surface area contributed by atoms with Gasteiger partial charge in [-0.3, -0.25) is 0 Å². The quantitative estimate of drug-likeness (QED) is 0.527. The Hall–Kier alpha value is 0.210. The molecule has 0 saturated heterocycles. The van der Waals surface area contributed by atoms with Gasteiger partial charge in [-0.15, -0.1) is 11.6 Å². The van der Waals surface area contributed by atoms with Gasteiger partial charge in [-0.2, -0.15) is 0 Å². The molecular weight excluding hydrogens is 254 g/mol. The Labute approximate surface area is 82.4 Å². The van der Waals surface area contributed by atoms with Gasteiger partial charge in [0.05, 0.1) is 15.4 Å². The minimum absolute atomic E-state index is 0.154. The fourth-order valence-electron chi connectivity index (χ4n) is 0.669. The van der Waals surface area contributed by atoms with E-state index in [2.05, 4.69) is 15.9 Å². The zero-order valence-corrected chi connectivity index (χ0v) is 8.47. The van der Waals surface area contributed by atoms with Crippen molar-refractivity contribution in [2.24, 2.45) is 0 Å². The average Bonchev–Trinajstić information content (AvgIpc) is 2.01. The third-order valence-electron chi connectivity index (χ3n) is 1.26. The molecule has 0 atom stereocenters. The van der Waals surface area contributed by atoms with Crippen LogP contribution in [-0.2, 0) is 5.88 Å². The van der Waals surface area contributed by atoms with E-state index in [1.165, 1.54) is 0 Å². The van der Waals surface area contributed by atoms with Gasteiger partial charge in [0.2, 0.25) is 0 Å². The fourth-order valence-corrected chi connectivity index (χ4v) is 1.41. The van der Waals surface area contributed by atoms with E-state index in [0.717, 1.165) is 0 Å². The van der Waals surface area contributed by atoms with Crippen LogP contribution < -0.4 is 0 Å². The predicted octanol–water partition coefficient (Wildman–Crippen LogP) is 3.98. The highest BCUT2D eigenvalue weighted by Crippen LogP contribution is 2.28. The first-order valence-corrected chi connectivity index (χ1v) is 4.55. The van der Waals surface area contributed by atoms with Gasteiger partial charge in [0.25, 0.3) is 0 Å². The fraction of sp³-hybridized carbons (Fsp3) is 0.143. The normalized spacial score (nSPS) is 10.2. The van der Waals surface area contributed by atoms with Crippen LogP contribution in [0.3, 0.4) is 0 Å². The zero-order valence-electron chi connectivity index (χ0n) is 5.37. The minimum atomic E-state index is -0.382. The summed E-state index contributed by atoms with van der Waals surface area (Å²) in [6.07, 6.45) is 0. The molecular formula is C7H4BrCl2F. The number of hydrogen-bond acceptors (Lipinski definition) is 0. The molecule has 60 valence electrons. The SMILES string of the molecule is Fc1c(CCl)ccc(Cl)c1Br. The van der Waals surface area contributed by atoms with Crippen molar-refractivity contribution < 1.29 is 4.39 Å². The van der Waals surface area contributed by atoms with Crippen molar-refractivity contribution in [2.45, 2.75) is 5.88 Å². The molecule has 0 nitrogen and oxygen atoms in total. The maximum atomic E-state index is 13.0. The first-order valence-electron chi connectivity index (χ1n) is 2.85. The minimum Gasteiger partial charge on any atom is -0.205 e. The third kappa shape index (κ3) is 1.86. The lowest BCUT2D eigenvalue weighted by atomic mass is 10.2. The van der Waals surface area contributed by atoms with Crippen LogP contribution in [0.2, 0.25) is 5.02 Å². The smallest absolute Gasteiger partial charge is 0.143 e. The van der Waals surface area contributed by atoms with Crippen LogP contribution in [-0.4, -0.2) is 0 Å². The molecule has 0 aromatic heterocycles. The van der Waals surface area contributed by atoms with E-state index in [0.29, 0.717) is 10.6 Å². The second kappa shape index (κ2) is 3.74. The summed E-state index contributed by atoms with van der Waals surface area (Å²) >= 11 is 14.1. The van der Waals surface area contributed by atoms with Crippen LogP contribution in [0.4, 0.5) is 4.39 Å². The summed E-state index contributed by atoms with van der Waals surface area (Å²) in [4.78, 5) is 0. The van der Waals surface area contributed by atoms with E-state index in [-0.39, 0.29) is 16.2 Å². The van der Waals surface area contributed by atoms with Gasteiger partial charge in [0.15, 0.2) is 0 Å². The van der Waals surface area contributed by atoms with E-state index in [9.17, 15) is 4.39 Å². The predicted molar refractivity (Wildman–Crippen MR) is 48.7 cm³/mol. The molecule has 0 amide bonds. The number of hydrogen-bond donors (Lipinski definition) is 0. The molecule has 0 aliphatic carbocycles. The molecule has 0 spiro atoms. The van der Waals surface area contributed by atoms with Crippen LogP contribution >= 0.6 is 39.1 Å². The Morgan fingerprint density at radius 3 is 2.64 bits per heavy atom. The molecule has 0 bridgehead atoms. The van der Waals surface area contributed by atoms with Crippen molar-refractivity contribution in [1.29, 1.82) is 0 Å². The van der Waals surface area contributed by atoms with Gasteiger partial charge in [-0.1, -0.05) is 17.7 Å². The molecule has 1 rings (SSSR count). The van der Waals surface area contributed by atoms with E-state index in [1.807, 2.05) is 0 Å². The molecule has 0 radical (unpaired) electrons. The summed E-state index contributed by atoms with van der Waals surface area (Å²) in [5.74, 6) is -0.228. The van der Waals surface area contributed by atoms with Gasteiger partial charge in [0, 0.05) is 5.56 Å². The Morgan fingerprint density at radius 1 is 1.45 bits per heavy atom. The summed E-state index contributed by atoms with van der Waals surface area (Å²) in [5.41, 5.74) is 0.447. The average molecular weight is 258 g/mol. The van der Waals surface area contributed by atoms with Gasteiger partial charge in [-0.05, 0) is 22.0 Å². The highest BCUT2D eigenvalue weighted by Gasteiger charge is 2.08. The second-order valence-electron chi connectivity index (χ2n) is 1.97. The topological polar surface area (TPSA) is 0 Å². The molecule has 0 unspecified atom stereocenters. The Kier molecular flexibility index (Phi) is 3.16. The van der Waals surface area contributed by atoms with E-state index in [4.69, 9.17) is 23.2 Å². The van der Waals surface area contributed by atoms with Gasteiger partial charge in [-0.25, -0.2) is 4.39 Å². The molecule has 11 heavy (non-hydrogen) atoms. The summed E-state index contributed by atoms with van der Waals surface area (Å²) in [6.45, 7) is 0. The molecule has 0 saturated carbocycles. The number of alkyl halides is 1. The van der Waals surface area contributed by atoms with Crippen molar-refractivity contribution >= 4 is 39.1 Å². The Morgan fingerprint density at radius 2 is 2.09 bits per heavy atom. The first kappa shape index (κ1) is 9.30. The van der Waals surface area contributed by atoms with Crippen molar-refractivity contribution in [1.82, 2.24) is 0 Å². The maximum absolute atomic E-state index is 13.0. The van der Waals surface area contributed by atoms with Gasteiger partial charge >= 0.3 is 0 Å². The number of benzene rings is 1. The Bertz CT molecular complexity index is 275. The number of halogens is 4. The van der Waals surface area contributed by atoms with Crippen molar-refractivity contribution in [3.05, 3.63) is 33.0 Å². The van der Waals surface area contributed by atoms with Crippen molar-refractivity contribution in [3.63, 3.8) is 0 Å². The molecule has 0 aliphatic heterocycles. The molecule has 1 aromatic carbocycles. The van der Waals surface area contributed by atoms with E-state index >= 15 is 0 Å². The van der Waals surface area contributed by atoms with Gasteiger partial charge in [0.1, 0.15) is 5.82 Å². The molecule has 0 aliphatic rings. The maximum Gasteiger partial charge on any atom is 0.143 e. The van der Waals surface area contributed by atoms with Crippen molar-refractivity contribution in [3.8, 4) is 0 Å². The summed E-state index contributed by atoms with van der Waals surface area (Å²) in [6, 6.07) is 3.17. The van der Waals surface area contributed by atoms with Crippen LogP contribution in [0.5, 0.6) is 0 Å². The molecule has 0 N–H and O–H groups in total. The zero-order chi connectivity index (χ0) is 8.43. The molecule has 1 aromatic rings. The van der Waals surface area contributed by atoms with Crippen LogP contribution in [0, 0.1) is 5.82 Å². The Balaban J connectivity index is 3.25. The van der Waals surface area contributed by atoms with Crippen molar-refractivity contribution in [2.75, 3.05) is 0 Å². The lowest BCUT2D eigenvalue weighted by Gasteiger charge is -2.01. The highest BCUT2D eigenvalue weighted by atomic mass is 79.9. The molecule has 0 heterocycles. The van der Waals surface area contributed by atoms with E-state index < -0.39 is 0 Å². The second-order valence-corrected chi connectivity index (χ2v) is 3.44. The summed E-state index contributed by atoms with van der Waals surface area (Å²) < 4.78 is 13.3. The summed E-state index contributed by atoms with van der Waals surface area (Å²) in [7, 11) is 0. The molecule has 4 heteroatoms. The standard InChI is InChI=1S/C7H4BrCl2F/c8-6-5(10)2-1-4(3-9)7(6)11/h1-2H,3H2. The first-order chi connectivity index (χ1) is 5.16. The highest BCUT2D eigenvalue weighted by molar-refractivity contribution is 9.10. The van der Waals surface area contributed by atoms with Crippen LogP contribution in [0.15, 0.2) is 16.6 Å². The van der Waals surface area contributed by atoms with Crippen LogP contribution in [0.25, 0.3) is 0 Å². The largest absolute Gasteiger partial charge is 0.205 e. The van der Waals surface area contributed by atoms with Gasteiger partial charge < -0.3 is 0 Å². The number of rotatable bonds is 1. The van der Waals surface area contributed by atoms with Crippen LogP contribution in [0.1, 0.15) is 5.56 Å². The monoisotopic (exact) mass is 256 g/mol. The van der Waals surface area contributed by atoms with E-state index in [1.54, 1.807) is 12.1 Å².